The molecule has 0 spiro atoms. The molecule has 86 valence electrons. The zero-order valence-electron chi connectivity index (χ0n) is 9.13. The van der Waals surface area contributed by atoms with Crippen LogP contribution >= 0.6 is 0 Å². The monoisotopic (exact) mass is 223 g/mol. The molecule has 0 fully saturated rings. The third-order valence-corrected chi connectivity index (χ3v) is 2.63. The van der Waals surface area contributed by atoms with Gasteiger partial charge in [0.25, 0.3) is 0 Å². The molecule has 1 N–H and O–H groups in total. The van der Waals surface area contributed by atoms with Gasteiger partial charge in [-0.15, -0.1) is 0 Å². The molecule has 4 heteroatoms. The van der Waals surface area contributed by atoms with Crippen molar-refractivity contribution in [2.75, 3.05) is 6.61 Å². The average Bonchev–Trinajstić information content (AvgIpc) is 2.42. The largest absolute Gasteiger partial charge is 0.490 e. The molecule has 16 heavy (non-hydrogen) atoms. The van der Waals surface area contributed by atoms with Gasteiger partial charge in [-0.05, 0) is 18.9 Å². The number of benzene rings is 1. The van der Waals surface area contributed by atoms with Gasteiger partial charge < -0.3 is 10.1 Å². The number of hydrogen-bond acceptors (Lipinski definition) is 2. The van der Waals surface area contributed by atoms with E-state index in [4.69, 9.17) is 4.74 Å². The minimum Gasteiger partial charge on any atom is -0.490 e. The molecule has 0 saturated carbocycles. The third-order valence-electron chi connectivity index (χ3n) is 2.63. The lowest BCUT2D eigenvalue weighted by atomic mass is 10.0. The lowest BCUT2D eigenvalue weighted by Crippen LogP contribution is -2.25. The van der Waals surface area contributed by atoms with Gasteiger partial charge in [0.2, 0.25) is 5.91 Å². The lowest BCUT2D eigenvalue weighted by Gasteiger charge is -2.17. The van der Waals surface area contributed by atoms with Crippen molar-refractivity contribution in [2.45, 2.75) is 25.8 Å². The van der Waals surface area contributed by atoms with Gasteiger partial charge in [-0.1, -0.05) is 12.1 Å². The topological polar surface area (TPSA) is 38.3 Å². The van der Waals surface area contributed by atoms with Crippen LogP contribution in [-0.2, 0) is 4.79 Å². The standard InChI is InChI=1S/C12H14FNO2/c1-8(15)14-11-6-3-7-16-12-9(11)4-2-5-10(12)13/h2,4-5,11H,3,6-7H2,1H3,(H,14,15). The molecular weight excluding hydrogens is 209 g/mol. The Morgan fingerprint density at radius 3 is 3.12 bits per heavy atom. The van der Waals surface area contributed by atoms with Crippen LogP contribution in [0.25, 0.3) is 0 Å². The van der Waals surface area contributed by atoms with Gasteiger partial charge in [0, 0.05) is 12.5 Å². The van der Waals surface area contributed by atoms with Crippen molar-refractivity contribution in [3.05, 3.63) is 29.6 Å². The maximum Gasteiger partial charge on any atom is 0.217 e. The first-order valence-electron chi connectivity index (χ1n) is 5.37. The maximum absolute atomic E-state index is 13.5. The van der Waals surface area contributed by atoms with Crippen LogP contribution in [0.5, 0.6) is 5.75 Å². The van der Waals surface area contributed by atoms with Gasteiger partial charge >= 0.3 is 0 Å². The number of rotatable bonds is 1. The van der Waals surface area contributed by atoms with Crippen molar-refractivity contribution in [1.82, 2.24) is 5.32 Å². The van der Waals surface area contributed by atoms with Crippen LogP contribution in [0.1, 0.15) is 31.4 Å². The maximum atomic E-state index is 13.5. The minimum absolute atomic E-state index is 0.109. The van der Waals surface area contributed by atoms with E-state index < -0.39 is 0 Å². The normalized spacial score (nSPS) is 19.2. The SMILES string of the molecule is CC(=O)NC1CCCOc2c(F)cccc21. The summed E-state index contributed by atoms with van der Waals surface area (Å²) < 4.78 is 18.9. The number of carbonyl (C=O) groups is 1. The van der Waals surface area contributed by atoms with E-state index in [1.54, 1.807) is 12.1 Å². The Balaban J connectivity index is 2.36. The van der Waals surface area contributed by atoms with E-state index >= 15 is 0 Å². The number of halogens is 1. The van der Waals surface area contributed by atoms with Gasteiger partial charge in [-0.2, -0.15) is 0 Å². The van der Waals surface area contributed by atoms with Crippen LogP contribution in [0.15, 0.2) is 18.2 Å². The zero-order chi connectivity index (χ0) is 11.5. The predicted octanol–water partition coefficient (Wildman–Crippen LogP) is 2.18. The predicted molar refractivity (Wildman–Crippen MR) is 57.7 cm³/mol. The summed E-state index contributed by atoms with van der Waals surface area (Å²) in [4.78, 5) is 11.1. The first kappa shape index (κ1) is 10.9. The number of carbonyl (C=O) groups excluding carboxylic acids is 1. The summed E-state index contributed by atoms with van der Waals surface area (Å²) >= 11 is 0. The number of amides is 1. The van der Waals surface area contributed by atoms with E-state index in [2.05, 4.69) is 5.32 Å². The zero-order valence-corrected chi connectivity index (χ0v) is 9.13. The molecular formula is C12H14FNO2. The smallest absolute Gasteiger partial charge is 0.217 e. The van der Waals surface area contributed by atoms with Gasteiger partial charge in [-0.25, -0.2) is 4.39 Å². The second-order valence-electron chi connectivity index (χ2n) is 3.90. The van der Waals surface area contributed by atoms with E-state index in [0.717, 1.165) is 18.4 Å². The van der Waals surface area contributed by atoms with Crippen molar-refractivity contribution in [3.63, 3.8) is 0 Å². The highest BCUT2D eigenvalue weighted by Crippen LogP contribution is 2.33. The highest BCUT2D eigenvalue weighted by molar-refractivity contribution is 5.73. The van der Waals surface area contributed by atoms with Crippen molar-refractivity contribution in [3.8, 4) is 5.75 Å². The summed E-state index contributed by atoms with van der Waals surface area (Å²) in [5.41, 5.74) is 0.729. The highest BCUT2D eigenvalue weighted by Gasteiger charge is 2.22. The summed E-state index contributed by atoms with van der Waals surface area (Å²) in [5.74, 6) is -0.199. The molecule has 0 aliphatic carbocycles. The van der Waals surface area contributed by atoms with E-state index in [9.17, 15) is 9.18 Å². The van der Waals surface area contributed by atoms with Crippen molar-refractivity contribution < 1.29 is 13.9 Å². The molecule has 1 aromatic carbocycles. The van der Waals surface area contributed by atoms with Gasteiger partial charge in [-0.3, -0.25) is 4.79 Å². The fourth-order valence-electron chi connectivity index (χ4n) is 1.96. The Labute approximate surface area is 93.6 Å². The average molecular weight is 223 g/mol. The van der Waals surface area contributed by atoms with Crippen LogP contribution in [0, 0.1) is 5.82 Å². The van der Waals surface area contributed by atoms with E-state index in [-0.39, 0.29) is 23.5 Å². The van der Waals surface area contributed by atoms with E-state index in [1.807, 2.05) is 0 Å². The first-order valence-corrected chi connectivity index (χ1v) is 5.37. The van der Waals surface area contributed by atoms with E-state index in [1.165, 1.54) is 13.0 Å². The summed E-state index contributed by atoms with van der Waals surface area (Å²) in [6, 6.07) is 4.66. The molecule has 1 amide bonds. The summed E-state index contributed by atoms with van der Waals surface area (Å²) in [7, 11) is 0. The number of para-hydroxylation sites is 1. The minimum atomic E-state index is -0.366. The van der Waals surface area contributed by atoms with Gasteiger partial charge in [0.05, 0.1) is 12.6 Å². The number of nitrogens with one attached hydrogen (secondary N) is 1. The molecule has 0 radical (unpaired) electrons. The van der Waals surface area contributed by atoms with E-state index in [0.29, 0.717) is 6.61 Å². The van der Waals surface area contributed by atoms with Crippen molar-refractivity contribution >= 4 is 5.91 Å². The first-order chi connectivity index (χ1) is 7.68. The molecule has 1 atom stereocenters. The van der Waals surface area contributed by atoms with Crippen LogP contribution in [0.4, 0.5) is 4.39 Å². The fourth-order valence-corrected chi connectivity index (χ4v) is 1.96. The number of hydrogen-bond donors (Lipinski definition) is 1. The summed E-state index contributed by atoms with van der Waals surface area (Å²) in [5, 5.41) is 2.82. The fraction of sp³-hybridized carbons (Fsp3) is 0.417. The molecule has 0 saturated heterocycles. The molecule has 2 rings (SSSR count). The van der Waals surface area contributed by atoms with Gasteiger partial charge in [0.1, 0.15) is 0 Å². The second kappa shape index (κ2) is 4.51. The summed E-state index contributed by atoms with van der Waals surface area (Å²) in [6.07, 6.45) is 1.58. The van der Waals surface area contributed by atoms with Crippen LogP contribution in [0.3, 0.4) is 0 Å². The molecule has 1 aliphatic rings. The Morgan fingerprint density at radius 1 is 1.56 bits per heavy atom. The van der Waals surface area contributed by atoms with Crippen molar-refractivity contribution in [2.24, 2.45) is 0 Å². The molecule has 0 aromatic heterocycles. The van der Waals surface area contributed by atoms with Crippen LogP contribution < -0.4 is 10.1 Å². The third kappa shape index (κ3) is 2.15. The number of fused-ring (bicyclic) bond motifs is 1. The Kier molecular flexibility index (Phi) is 3.08. The highest BCUT2D eigenvalue weighted by atomic mass is 19.1. The quantitative estimate of drug-likeness (QED) is 0.792. The molecule has 1 aromatic rings. The second-order valence-corrected chi connectivity index (χ2v) is 3.90. The van der Waals surface area contributed by atoms with Crippen LogP contribution in [-0.4, -0.2) is 12.5 Å². The summed E-state index contributed by atoms with van der Waals surface area (Å²) in [6.45, 7) is 1.95. The molecule has 1 aliphatic heterocycles. The van der Waals surface area contributed by atoms with Crippen LogP contribution in [0.2, 0.25) is 0 Å². The molecule has 0 bridgehead atoms. The van der Waals surface area contributed by atoms with Crippen molar-refractivity contribution in [1.29, 1.82) is 0 Å². The molecule has 1 heterocycles. The Hall–Kier alpha value is -1.58. The lowest BCUT2D eigenvalue weighted by molar-refractivity contribution is -0.119. The number of ether oxygens (including phenoxy) is 1. The van der Waals surface area contributed by atoms with Gasteiger partial charge in [0.15, 0.2) is 11.6 Å². The molecule has 3 nitrogen and oxygen atoms in total. The molecule has 1 unspecified atom stereocenters. The Bertz CT molecular complexity index is 406. The Morgan fingerprint density at radius 2 is 2.38 bits per heavy atom.